The number of nitrogens with two attached hydrogens (primary N) is 1. The van der Waals surface area contributed by atoms with E-state index in [2.05, 4.69) is 10.3 Å². The molecule has 0 fully saturated rings. The fourth-order valence-electron chi connectivity index (χ4n) is 1.55. The number of thiazole rings is 1. The minimum absolute atomic E-state index is 0.136. The van der Waals surface area contributed by atoms with Gasteiger partial charge in [-0.2, -0.15) is 5.26 Å². The molecule has 0 spiro atoms. The highest BCUT2D eigenvalue weighted by atomic mass is 32.1. The molecule has 0 unspecified atom stereocenters. The van der Waals surface area contributed by atoms with E-state index < -0.39 is 11.8 Å². The van der Waals surface area contributed by atoms with E-state index >= 15 is 0 Å². The highest BCUT2D eigenvalue weighted by Gasteiger charge is 2.17. The molecule has 0 saturated carbocycles. The first-order chi connectivity index (χ1) is 9.61. The number of hydrogen-bond donors (Lipinski definition) is 2. The summed E-state index contributed by atoms with van der Waals surface area (Å²) in [6.07, 6.45) is 0.136. The average Bonchev–Trinajstić information content (AvgIpc) is 2.83. The first-order valence-corrected chi connectivity index (χ1v) is 6.46. The van der Waals surface area contributed by atoms with Crippen LogP contribution in [-0.2, 0) is 16.0 Å². The molecule has 2 amide bonds. The van der Waals surface area contributed by atoms with Gasteiger partial charge in [0.25, 0.3) is 0 Å². The summed E-state index contributed by atoms with van der Waals surface area (Å²) < 4.78 is 0. The van der Waals surface area contributed by atoms with E-state index in [0.717, 1.165) is 16.9 Å². The molecular weight excluding hydrogens is 276 g/mol. The molecular formula is C13H10N4O2S. The number of anilines is 1. The maximum Gasteiger partial charge on any atom is 0.314 e. The average molecular weight is 286 g/mol. The molecule has 3 N–H and O–H groups in total. The van der Waals surface area contributed by atoms with Crippen molar-refractivity contribution in [3.63, 3.8) is 0 Å². The molecule has 1 heterocycles. The molecule has 1 aromatic carbocycles. The van der Waals surface area contributed by atoms with Gasteiger partial charge in [0, 0.05) is 5.56 Å². The number of nitrogens with zero attached hydrogens (tertiary/aromatic N) is 2. The fraction of sp³-hybridized carbons (Fsp3) is 0.0769. The van der Waals surface area contributed by atoms with E-state index in [1.165, 1.54) is 0 Å². The maximum absolute atomic E-state index is 11.4. The number of carbonyl (C=O) groups is 2. The molecule has 20 heavy (non-hydrogen) atoms. The van der Waals surface area contributed by atoms with Gasteiger partial charge in [-0.05, 0) is 0 Å². The van der Waals surface area contributed by atoms with Gasteiger partial charge in [-0.25, -0.2) is 4.98 Å². The van der Waals surface area contributed by atoms with Crippen LogP contribution in [0.2, 0.25) is 0 Å². The number of primary amides is 1. The number of rotatable bonds is 3. The summed E-state index contributed by atoms with van der Waals surface area (Å²) in [5.74, 6) is -1.98. The Morgan fingerprint density at radius 3 is 2.65 bits per heavy atom. The summed E-state index contributed by atoms with van der Waals surface area (Å²) in [5, 5.41) is 12.1. The number of hydrogen-bond acceptors (Lipinski definition) is 5. The second-order valence-corrected chi connectivity index (χ2v) is 4.89. The molecule has 0 aliphatic carbocycles. The van der Waals surface area contributed by atoms with Crippen LogP contribution in [0.5, 0.6) is 0 Å². The lowest BCUT2D eigenvalue weighted by atomic mass is 10.1. The van der Waals surface area contributed by atoms with Gasteiger partial charge in [0.15, 0.2) is 0 Å². The number of benzene rings is 1. The van der Waals surface area contributed by atoms with Gasteiger partial charge in [0.05, 0.1) is 12.5 Å². The third-order valence-corrected chi connectivity index (χ3v) is 3.37. The van der Waals surface area contributed by atoms with Crippen LogP contribution in [0.15, 0.2) is 30.3 Å². The lowest BCUT2D eigenvalue weighted by Crippen LogP contribution is -2.29. The first-order valence-electron chi connectivity index (χ1n) is 5.64. The zero-order chi connectivity index (χ0) is 14.5. The normalized spacial score (nSPS) is 9.75. The molecule has 0 atom stereocenters. The van der Waals surface area contributed by atoms with E-state index in [1.54, 1.807) is 0 Å². The van der Waals surface area contributed by atoms with Gasteiger partial charge in [-0.15, -0.1) is 0 Å². The Morgan fingerprint density at radius 1 is 1.35 bits per heavy atom. The molecule has 0 saturated heterocycles. The largest absolute Gasteiger partial charge is 0.361 e. The zero-order valence-corrected chi connectivity index (χ0v) is 11.1. The van der Waals surface area contributed by atoms with Crippen molar-refractivity contribution < 1.29 is 9.59 Å². The van der Waals surface area contributed by atoms with Crippen molar-refractivity contribution in [1.29, 1.82) is 5.26 Å². The smallest absolute Gasteiger partial charge is 0.314 e. The third-order valence-electron chi connectivity index (χ3n) is 2.40. The van der Waals surface area contributed by atoms with Crippen molar-refractivity contribution in [3.8, 4) is 17.3 Å². The SMILES string of the molecule is N#CCc1nc(-c2ccccc2)c(NC(=O)C(N)=O)s1. The van der Waals surface area contributed by atoms with E-state index in [9.17, 15) is 9.59 Å². The number of carbonyl (C=O) groups excluding carboxylic acids is 2. The highest BCUT2D eigenvalue weighted by Crippen LogP contribution is 2.33. The second kappa shape index (κ2) is 5.95. The Balaban J connectivity index is 2.41. The molecule has 2 aromatic rings. The fourth-order valence-corrected chi connectivity index (χ4v) is 2.46. The van der Waals surface area contributed by atoms with E-state index in [-0.39, 0.29) is 6.42 Å². The van der Waals surface area contributed by atoms with E-state index in [4.69, 9.17) is 11.0 Å². The van der Waals surface area contributed by atoms with Crippen LogP contribution in [0.4, 0.5) is 5.00 Å². The third kappa shape index (κ3) is 2.99. The van der Waals surface area contributed by atoms with Crippen LogP contribution >= 0.6 is 11.3 Å². The van der Waals surface area contributed by atoms with E-state index in [0.29, 0.717) is 15.7 Å². The van der Waals surface area contributed by atoms with Gasteiger partial charge < -0.3 is 11.1 Å². The predicted octanol–water partition coefficient (Wildman–Crippen LogP) is 1.30. The van der Waals surface area contributed by atoms with Crippen LogP contribution in [0.25, 0.3) is 11.3 Å². The van der Waals surface area contributed by atoms with Crippen LogP contribution in [0.1, 0.15) is 5.01 Å². The Hall–Kier alpha value is -2.72. The standard InChI is InChI=1S/C13H10N4O2S/c14-7-6-9-16-10(8-4-2-1-3-5-8)13(20-9)17-12(19)11(15)18/h1-5H,6H2,(H2,15,18)(H,17,19). The lowest BCUT2D eigenvalue weighted by molar-refractivity contribution is -0.134. The summed E-state index contributed by atoms with van der Waals surface area (Å²) >= 11 is 1.15. The second-order valence-electron chi connectivity index (χ2n) is 3.80. The number of nitriles is 1. The molecule has 6 nitrogen and oxygen atoms in total. The van der Waals surface area contributed by atoms with Crippen molar-refractivity contribution in [2.24, 2.45) is 5.73 Å². The quantitative estimate of drug-likeness (QED) is 0.829. The summed E-state index contributed by atoms with van der Waals surface area (Å²) in [5.41, 5.74) is 6.23. The molecule has 0 aliphatic heterocycles. The van der Waals surface area contributed by atoms with Gasteiger partial charge in [0.1, 0.15) is 15.7 Å². The minimum atomic E-state index is -1.07. The number of amides is 2. The molecule has 0 aliphatic rings. The Bertz CT molecular complexity index is 688. The lowest BCUT2D eigenvalue weighted by Gasteiger charge is -2.02. The van der Waals surface area contributed by atoms with Gasteiger partial charge in [-0.3, -0.25) is 9.59 Å². The van der Waals surface area contributed by atoms with Crippen LogP contribution < -0.4 is 11.1 Å². The Kier molecular flexibility index (Phi) is 4.08. The Morgan fingerprint density at radius 2 is 2.05 bits per heavy atom. The summed E-state index contributed by atoms with van der Waals surface area (Å²) in [6, 6.07) is 11.2. The van der Waals surface area contributed by atoms with Crippen LogP contribution in [0.3, 0.4) is 0 Å². The van der Waals surface area contributed by atoms with Gasteiger partial charge in [0.2, 0.25) is 0 Å². The summed E-state index contributed by atoms with van der Waals surface area (Å²) in [7, 11) is 0. The molecule has 100 valence electrons. The minimum Gasteiger partial charge on any atom is -0.361 e. The topological polar surface area (TPSA) is 109 Å². The monoisotopic (exact) mass is 286 g/mol. The van der Waals surface area contributed by atoms with Crippen molar-refractivity contribution in [2.45, 2.75) is 6.42 Å². The highest BCUT2D eigenvalue weighted by molar-refractivity contribution is 7.16. The molecule has 7 heteroatoms. The Labute approximate surface area is 118 Å². The maximum atomic E-state index is 11.4. The number of nitrogens with one attached hydrogen (secondary N) is 1. The molecule has 0 bridgehead atoms. The molecule has 1 aromatic heterocycles. The summed E-state index contributed by atoms with van der Waals surface area (Å²) in [6.45, 7) is 0. The first kappa shape index (κ1) is 13.7. The van der Waals surface area contributed by atoms with Crippen molar-refractivity contribution >= 4 is 28.2 Å². The number of aromatic nitrogens is 1. The zero-order valence-electron chi connectivity index (χ0n) is 10.3. The summed E-state index contributed by atoms with van der Waals surface area (Å²) in [4.78, 5) is 26.5. The molecule has 0 radical (unpaired) electrons. The van der Waals surface area contributed by atoms with Gasteiger partial charge in [-0.1, -0.05) is 41.7 Å². The van der Waals surface area contributed by atoms with E-state index in [1.807, 2.05) is 36.4 Å². The predicted molar refractivity (Wildman–Crippen MR) is 74.7 cm³/mol. The van der Waals surface area contributed by atoms with Gasteiger partial charge >= 0.3 is 11.8 Å². The van der Waals surface area contributed by atoms with Crippen molar-refractivity contribution in [1.82, 2.24) is 4.98 Å². The van der Waals surface area contributed by atoms with Crippen molar-refractivity contribution in [2.75, 3.05) is 5.32 Å². The van der Waals surface area contributed by atoms with Crippen molar-refractivity contribution in [3.05, 3.63) is 35.3 Å². The molecule has 2 rings (SSSR count). The van der Waals surface area contributed by atoms with Crippen LogP contribution in [0, 0.1) is 11.3 Å². The van der Waals surface area contributed by atoms with Crippen LogP contribution in [-0.4, -0.2) is 16.8 Å².